The first-order chi connectivity index (χ1) is 16.1. The smallest absolute Gasteiger partial charge is 0.216 e. The maximum Gasteiger partial charge on any atom is 0.216 e. The van der Waals surface area contributed by atoms with Crippen molar-refractivity contribution < 1.29 is 8.98 Å². The monoisotopic (exact) mass is 466 g/mol. The zero-order chi connectivity index (χ0) is 24.4. The van der Waals surface area contributed by atoms with Crippen molar-refractivity contribution in [3.05, 3.63) is 71.3 Å². The summed E-state index contributed by atoms with van der Waals surface area (Å²) in [4.78, 5) is 0. The summed E-state index contributed by atoms with van der Waals surface area (Å²) in [6, 6.07) is 20.3. The van der Waals surface area contributed by atoms with Crippen LogP contribution >= 0.6 is 0 Å². The molecule has 0 N–H and O–H groups in total. The number of hydrogen-bond donors (Lipinski definition) is 0. The topological polar surface area (TPSA) is 17.0 Å². The number of pyridine rings is 1. The number of nitrogens with zero attached hydrogens (tertiary/aromatic N) is 1. The number of hydrogen-bond acceptors (Lipinski definition) is 1. The second-order valence-electron chi connectivity index (χ2n) is 11.4. The lowest BCUT2D eigenvalue weighted by molar-refractivity contribution is -0.633. The Morgan fingerprint density at radius 1 is 0.882 bits per heavy atom. The second kappa shape index (κ2) is 8.09. The highest BCUT2D eigenvalue weighted by molar-refractivity contribution is 6.90. The number of fused-ring (bicyclic) bond motifs is 4. The maximum absolute atomic E-state index is 6.54. The van der Waals surface area contributed by atoms with E-state index in [2.05, 4.69) is 114 Å². The average Bonchev–Trinajstić information content (AvgIpc) is 3.12. The highest BCUT2D eigenvalue weighted by Crippen LogP contribution is 2.38. The van der Waals surface area contributed by atoms with Gasteiger partial charge >= 0.3 is 0 Å². The minimum Gasteiger partial charge on any atom is -0.455 e. The molecule has 5 aromatic rings. The predicted molar refractivity (Wildman–Crippen MR) is 149 cm³/mol. The maximum atomic E-state index is 6.54. The van der Waals surface area contributed by atoms with Gasteiger partial charge in [0.05, 0.1) is 13.6 Å². The summed E-state index contributed by atoms with van der Waals surface area (Å²) in [5.41, 5.74) is 9.75. The van der Waals surface area contributed by atoms with Crippen LogP contribution in [0.25, 0.3) is 44.1 Å². The van der Waals surface area contributed by atoms with Gasteiger partial charge in [0.15, 0.2) is 0 Å². The van der Waals surface area contributed by atoms with E-state index in [-0.39, 0.29) is 0 Å². The van der Waals surface area contributed by atoms with Crippen molar-refractivity contribution in [3.63, 3.8) is 0 Å². The van der Waals surface area contributed by atoms with Crippen molar-refractivity contribution in [1.82, 2.24) is 0 Å². The van der Waals surface area contributed by atoms with Crippen molar-refractivity contribution in [2.75, 3.05) is 0 Å². The van der Waals surface area contributed by atoms with Gasteiger partial charge < -0.3 is 4.42 Å². The average molecular weight is 467 g/mol. The summed E-state index contributed by atoms with van der Waals surface area (Å²) in [5.74, 6) is 0.636. The van der Waals surface area contributed by atoms with Gasteiger partial charge in [-0.15, -0.1) is 0 Å². The molecule has 0 radical (unpaired) electrons. The zero-order valence-electron chi connectivity index (χ0n) is 21.8. The molecule has 174 valence electrons. The van der Waals surface area contributed by atoms with Crippen molar-refractivity contribution in [2.24, 2.45) is 13.0 Å². The summed E-state index contributed by atoms with van der Waals surface area (Å²) in [7, 11) is 0.615. The van der Waals surface area contributed by atoms with Gasteiger partial charge in [-0.3, -0.25) is 0 Å². The number of aryl methyl sites for hydroxylation is 2. The molecule has 0 spiro atoms. The Morgan fingerprint density at radius 3 is 2.32 bits per heavy atom. The molecule has 3 heteroatoms. The molecule has 0 bridgehead atoms. The summed E-state index contributed by atoms with van der Waals surface area (Å²) in [6.07, 6.45) is 1.10. The van der Waals surface area contributed by atoms with Crippen molar-refractivity contribution in [2.45, 2.75) is 53.8 Å². The second-order valence-corrected chi connectivity index (χ2v) is 16.4. The molecular formula is C31H36NOSi+. The van der Waals surface area contributed by atoms with Gasteiger partial charge in [-0.25, -0.2) is 0 Å². The molecule has 0 aliphatic rings. The fraction of sp³-hybridized carbons (Fsp3) is 0.323. The summed E-state index contributed by atoms with van der Waals surface area (Å²) < 4.78 is 8.94. The molecule has 2 heterocycles. The van der Waals surface area contributed by atoms with Crippen LogP contribution in [0.15, 0.2) is 59.0 Å². The first-order valence-electron chi connectivity index (χ1n) is 12.4. The third-order valence-corrected chi connectivity index (χ3v) is 9.28. The van der Waals surface area contributed by atoms with Gasteiger partial charge in [-0.1, -0.05) is 57.8 Å². The molecule has 0 saturated heterocycles. The molecule has 0 aliphatic heterocycles. The molecule has 2 nitrogen and oxygen atoms in total. The van der Waals surface area contributed by atoms with E-state index in [1.54, 1.807) is 0 Å². The molecule has 0 fully saturated rings. The van der Waals surface area contributed by atoms with E-state index in [1.165, 1.54) is 54.8 Å². The van der Waals surface area contributed by atoms with E-state index >= 15 is 0 Å². The Balaban J connectivity index is 1.92. The number of para-hydroxylation sites is 1. The van der Waals surface area contributed by atoms with Crippen LogP contribution in [-0.2, 0) is 13.5 Å². The van der Waals surface area contributed by atoms with E-state index in [0.717, 1.165) is 17.6 Å². The van der Waals surface area contributed by atoms with E-state index in [0.29, 0.717) is 5.92 Å². The zero-order valence-corrected chi connectivity index (χ0v) is 22.8. The lowest BCUT2D eigenvalue weighted by Crippen LogP contribution is -2.43. The molecule has 3 aromatic carbocycles. The van der Waals surface area contributed by atoms with Crippen LogP contribution in [0, 0.1) is 19.8 Å². The van der Waals surface area contributed by atoms with Crippen molar-refractivity contribution in [3.8, 4) is 11.3 Å². The van der Waals surface area contributed by atoms with Crippen LogP contribution in [0.5, 0.6) is 0 Å². The standard InChI is InChI=1S/C31H36NOSi/c1-19(2)15-22-13-14-24-26(17-22)32(5)27(18-29(24)34(6,7)8)30-21(4)20(3)16-25-23-11-9-10-12-28(23)33-31(25)30/h9-14,16-19H,15H2,1-8H3/q+1. The Morgan fingerprint density at radius 2 is 1.62 bits per heavy atom. The van der Waals surface area contributed by atoms with E-state index in [4.69, 9.17) is 4.42 Å². The molecule has 0 unspecified atom stereocenters. The van der Waals surface area contributed by atoms with Gasteiger partial charge in [0.2, 0.25) is 11.2 Å². The van der Waals surface area contributed by atoms with Gasteiger partial charge in [0.25, 0.3) is 0 Å². The Bertz CT molecular complexity index is 1570. The number of benzene rings is 3. The van der Waals surface area contributed by atoms with Crippen LogP contribution in [0.4, 0.5) is 0 Å². The van der Waals surface area contributed by atoms with Crippen LogP contribution in [-0.4, -0.2) is 8.07 Å². The Kier molecular flexibility index (Phi) is 5.44. The number of furan rings is 1. The summed E-state index contributed by atoms with van der Waals surface area (Å²) in [6.45, 7) is 16.4. The molecule has 34 heavy (non-hydrogen) atoms. The van der Waals surface area contributed by atoms with Gasteiger partial charge in [0, 0.05) is 28.3 Å². The first kappa shape index (κ1) is 22.9. The van der Waals surface area contributed by atoms with E-state index in [9.17, 15) is 0 Å². The largest absolute Gasteiger partial charge is 0.455 e. The lowest BCUT2D eigenvalue weighted by Gasteiger charge is -2.21. The third kappa shape index (κ3) is 3.67. The predicted octanol–water partition coefficient (Wildman–Crippen LogP) is 7.59. The minimum absolute atomic E-state index is 0.636. The fourth-order valence-electron chi connectivity index (χ4n) is 5.38. The normalized spacial score (nSPS) is 12.5. The molecule has 0 aliphatic carbocycles. The fourth-order valence-corrected chi connectivity index (χ4v) is 6.97. The summed E-state index contributed by atoms with van der Waals surface area (Å²) >= 11 is 0. The van der Waals surface area contributed by atoms with Crippen molar-refractivity contribution >= 4 is 46.1 Å². The molecule has 2 aromatic heterocycles. The highest BCUT2D eigenvalue weighted by Gasteiger charge is 2.29. The van der Waals surface area contributed by atoms with Crippen molar-refractivity contribution in [1.29, 1.82) is 0 Å². The number of rotatable bonds is 4. The van der Waals surface area contributed by atoms with Gasteiger partial charge in [-0.05, 0) is 66.3 Å². The molecule has 0 atom stereocenters. The minimum atomic E-state index is -1.61. The van der Waals surface area contributed by atoms with E-state index < -0.39 is 8.07 Å². The van der Waals surface area contributed by atoms with Crippen LogP contribution < -0.4 is 9.75 Å². The molecular weight excluding hydrogens is 430 g/mol. The Hall–Kier alpha value is -2.91. The first-order valence-corrected chi connectivity index (χ1v) is 15.9. The Labute approximate surface area is 204 Å². The SMILES string of the molecule is Cc1cc2c(oc3ccccc32)c(-c2cc([Si](C)(C)C)c3ccc(CC(C)C)cc3[n+]2C)c1C. The van der Waals surface area contributed by atoms with Crippen LogP contribution in [0.1, 0.15) is 30.5 Å². The quantitative estimate of drug-likeness (QED) is 0.197. The van der Waals surface area contributed by atoms with Crippen LogP contribution in [0.3, 0.4) is 0 Å². The third-order valence-electron chi connectivity index (χ3n) is 7.25. The van der Waals surface area contributed by atoms with Crippen LogP contribution in [0.2, 0.25) is 19.6 Å². The van der Waals surface area contributed by atoms with Gasteiger partial charge in [-0.2, -0.15) is 4.57 Å². The molecule has 0 amide bonds. The van der Waals surface area contributed by atoms with Gasteiger partial charge in [0.1, 0.15) is 18.2 Å². The molecule has 0 saturated carbocycles. The van der Waals surface area contributed by atoms with E-state index in [1.807, 2.05) is 0 Å². The highest BCUT2D eigenvalue weighted by atomic mass is 28.3. The number of aromatic nitrogens is 1. The molecule has 5 rings (SSSR count). The summed E-state index contributed by atoms with van der Waals surface area (Å²) in [5, 5.41) is 5.30. The lowest BCUT2D eigenvalue weighted by atomic mass is 9.95.